The fourth-order valence-electron chi connectivity index (χ4n) is 1.58. The van der Waals surface area contributed by atoms with Gasteiger partial charge in [0, 0.05) is 6.42 Å². The van der Waals surface area contributed by atoms with E-state index in [9.17, 15) is 8.42 Å². The smallest absolute Gasteiger partial charge is 0.181 e. The Bertz CT molecular complexity index is 713. The number of nitriles is 1. The van der Waals surface area contributed by atoms with Gasteiger partial charge >= 0.3 is 0 Å². The molecule has 94 valence electrons. The molecule has 0 spiro atoms. The van der Waals surface area contributed by atoms with Crippen LogP contribution in [-0.4, -0.2) is 19.2 Å². The minimum atomic E-state index is -3.33. The van der Waals surface area contributed by atoms with E-state index in [2.05, 4.69) is 4.98 Å². The molecule has 2 rings (SSSR count). The van der Waals surface area contributed by atoms with Crippen molar-refractivity contribution in [3.8, 4) is 6.07 Å². The lowest BCUT2D eigenvalue weighted by Gasteiger charge is -2.02. The van der Waals surface area contributed by atoms with Crippen molar-refractivity contribution >= 4 is 36.5 Å². The van der Waals surface area contributed by atoms with Crippen LogP contribution in [0.4, 0.5) is 5.13 Å². The van der Waals surface area contributed by atoms with Crippen LogP contribution in [0.15, 0.2) is 23.1 Å². The molecule has 1 aromatic carbocycles. The van der Waals surface area contributed by atoms with Gasteiger partial charge in [-0.2, -0.15) is 5.26 Å². The lowest BCUT2D eigenvalue weighted by Crippen LogP contribution is -2.06. The van der Waals surface area contributed by atoms with Gasteiger partial charge in [0.1, 0.15) is 0 Å². The van der Waals surface area contributed by atoms with Crippen LogP contribution in [0.2, 0.25) is 0 Å². The highest BCUT2D eigenvalue weighted by atomic mass is 32.2. The molecule has 5 nitrogen and oxygen atoms in total. The highest BCUT2D eigenvalue weighted by Crippen LogP contribution is 2.26. The van der Waals surface area contributed by atoms with Gasteiger partial charge in [0.15, 0.2) is 15.0 Å². The first-order valence-electron chi connectivity index (χ1n) is 5.29. The summed E-state index contributed by atoms with van der Waals surface area (Å²) in [5.74, 6) is -0.0135. The zero-order valence-corrected chi connectivity index (χ0v) is 11.1. The van der Waals surface area contributed by atoms with E-state index in [1.165, 1.54) is 17.4 Å². The zero-order chi connectivity index (χ0) is 13.2. The summed E-state index contributed by atoms with van der Waals surface area (Å²) in [6, 6.07) is 6.71. The molecule has 0 unspecified atom stereocenters. The summed E-state index contributed by atoms with van der Waals surface area (Å²) in [6.07, 6.45) is 0.594. The van der Waals surface area contributed by atoms with Crippen LogP contribution in [0.1, 0.15) is 12.8 Å². The lowest BCUT2D eigenvalue weighted by molar-refractivity contribution is 0.594. The van der Waals surface area contributed by atoms with Crippen LogP contribution in [0, 0.1) is 11.3 Å². The molecule has 0 atom stereocenters. The number of benzene rings is 1. The van der Waals surface area contributed by atoms with Crippen molar-refractivity contribution in [1.82, 2.24) is 4.98 Å². The minimum absolute atomic E-state index is 0.0135. The Morgan fingerprint density at radius 3 is 2.94 bits per heavy atom. The van der Waals surface area contributed by atoms with E-state index >= 15 is 0 Å². The molecule has 0 aliphatic rings. The lowest BCUT2D eigenvalue weighted by atomic mass is 10.3. The predicted octanol–water partition coefficient (Wildman–Crippen LogP) is 1.96. The number of thiazole rings is 1. The maximum absolute atomic E-state index is 12.0. The Morgan fingerprint density at radius 1 is 1.44 bits per heavy atom. The first-order valence-corrected chi connectivity index (χ1v) is 7.75. The molecule has 2 N–H and O–H groups in total. The molecular weight excluding hydrogens is 270 g/mol. The maximum atomic E-state index is 12.0. The van der Waals surface area contributed by atoms with Gasteiger partial charge in [-0.05, 0) is 24.6 Å². The molecule has 1 heterocycles. The second kappa shape index (κ2) is 4.92. The summed E-state index contributed by atoms with van der Waals surface area (Å²) < 4.78 is 24.8. The van der Waals surface area contributed by atoms with Gasteiger partial charge in [0.05, 0.1) is 26.9 Å². The fourth-order valence-corrected chi connectivity index (χ4v) is 3.76. The van der Waals surface area contributed by atoms with Crippen molar-refractivity contribution in [2.75, 3.05) is 11.5 Å². The first kappa shape index (κ1) is 12.8. The van der Waals surface area contributed by atoms with Gasteiger partial charge < -0.3 is 5.73 Å². The first-order chi connectivity index (χ1) is 8.53. The SMILES string of the molecule is N#CCCCS(=O)(=O)c1ccc2nc(N)sc2c1. The van der Waals surface area contributed by atoms with Crippen molar-refractivity contribution in [3.63, 3.8) is 0 Å². The topological polar surface area (TPSA) is 96.8 Å². The Balaban J connectivity index is 2.32. The predicted molar refractivity (Wildman–Crippen MR) is 70.9 cm³/mol. The second-order valence-corrected chi connectivity index (χ2v) is 6.93. The summed E-state index contributed by atoms with van der Waals surface area (Å²) in [6.45, 7) is 0. The van der Waals surface area contributed by atoms with Crippen molar-refractivity contribution < 1.29 is 8.42 Å². The zero-order valence-electron chi connectivity index (χ0n) is 9.46. The third-order valence-electron chi connectivity index (χ3n) is 2.44. The van der Waals surface area contributed by atoms with E-state index in [1.807, 2.05) is 6.07 Å². The van der Waals surface area contributed by atoms with E-state index in [0.717, 1.165) is 4.70 Å². The van der Waals surface area contributed by atoms with E-state index in [4.69, 9.17) is 11.0 Å². The Kier molecular flexibility index (Phi) is 3.50. The number of sulfone groups is 1. The number of anilines is 1. The summed E-state index contributed by atoms with van der Waals surface area (Å²) in [5, 5.41) is 8.83. The van der Waals surface area contributed by atoms with Crippen LogP contribution < -0.4 is 5.73 Å². The minimum Gasteiger partial charge on any atom is -0.375 e. The van der Waals surface area contributed by atoms with Crippen LogP contribution in [0.25, 0.3) is 10.2 Å². The largest absolute Gasteiger partial charge is 0.375 e. The summed E-state index contributed by atoms with van der Waals surface area (Å²) in [4.78, 5) is 4.33. The number of fused-ring (bicyclic) bond motifs is 1. The van der Waals surface area contributed by atoms with Crippen LogP contribution in [-0.2, 0) is 9.84 Å². The number of aromatic nitrogens is 1. The normalized spacial score (nSPS) is 11.5. The van der Waals surface area contributed by atoms with Crippen molar-refractivity contribution in [2.45, 2.75) is 17.7 Å². The maximum Gasteiger partial charge on any atom is 0.181 e. The second-order valence-electron chi connectivity index (χ2n) is 3.76. The molecular formula is C11H11N3O2S2. The summed E-state index contributed by atoms with van der Waals surface area (Å²) in [7, 11) is -3.33. The van der Waals surface area contributed by atoms with Crippen LogP contribution >= 0.6 is 11.3 Å². The van der Waals surface area contributed by atoms with Crippen molar-refractivity contribution in [2.24, 2.45) is 0 Å². The van der Waals surface area contributed by atoms with Crippen molar-refractivity contribution in [3.05, 3.63) is 18.2 Å². The third-order valence-corrected chi connectivity index (χ3v) is 5.08. The monoisotopic (exact) mass is 281 g/mol. The Labute approximate surface area is 109 Å². The highest BCUT2D eigenvalue weighted by Gasteiger charge is 2.15. The van der Waals surface area contributed by atoms with E-state index in [0.29, 0.717) is 17.1 Å². The molecule has 0 aliphatic carbocycles. The molecule has 0 saturated carbocycles. The molecule has 0 bridgehead atoms. The third kappa shape index (κ3) is 2.60. The number of nitrogens with two attached hydrogens (primary N) is 1. The summed E-state index contributed by atoms with van der Waals surface area (Å²) in [5.41, 5.74) is 6.27. The number of hydrogen-bond acceptors (Lipinski definition) is 6. The molecule has 18 heavy (non-hydrogen) atoms. The molecule has 0 radical (unpaired) electrons. The molecule has 0 amide bonds. The number of nitrogens with zero attached hydrogens (tertiary/aromatic N) is 2. The Hall–Kier alpha value is -1.65. The summed E-state index contributed by atoms with van der Waals surface area (Å²) >= 11 is 1.26. The average molecular weight is 281 g/mol. The molecule has 7 heteroatoms. The Morgan fingerprint density at radius 2 is 2.22 bits per heavy atom. The van der Waals surface area contributed by atoms with Gasteiger partial charge in [-0.15, -0.1) is 0 Å². The standard InChI is InChI=1S/C11H11N3O2S2/c12-5-1-2-6-18(15,16)8-3-4-9-10(7-8)17-11(13)14-9/h3-4,7H,1-2,6H2,(H2,13,14). The number of hydrogen-bond donors (Lipinski definition) is 1. The van der Waals surface area contributed by atoms with E-state index in [1.54, 1.807) is 12.1 Å². The van der Waals surface area contributed by atoms with Gasteiger partial charge in [0.2, 0.25) is 0 Å². The molecule has 0 aliphatic heterocycles. The van der Waals surface area contributed by atoms with Crippen LogP contribution in [0.5, 0.6) is 0 Å². The van der Waals surface area contributed by atoms with Crippen molar-refractivity contribution in [1.29, 1.82) is 5.26 Å². The highest BCUT2D eigenvalue weighted by molar-refractivity contribution is 7.91. The number of nitrogen functional groups attached to an aromatic ring is 1. The number of unbranched alkanes of at least 4 members (excludes halogenated alkanes) is 1. The van der Waals surface area contributed by atoms with E-state index < -0.39 is 9.84 Å². The van der Waals surface area contributed by atoms with Gasteiger partial charge in [-0.3, -0.25) is 0 Å². The van der Waals surface area contributed by atoms with E-state index in [-0.39, 0.29) is 17.1 Å². The molecule has 1 aromatic heterocycles. The number of rotatable bonds is 4. The molecule has 0 fully saturated rings. The molecule has 0 saturated heterocycles. The quantitative estimate of drug-likeness (QED) is 0.864. The van der Waals surface area contributed by atoms with Gasteiger partial charge in [0.25, 0.3) is 0 Å². The van der Waals surface area contributed by atoms with Crippen LogP contribution in [0.3, 0.4) is 0 Å². The average Bonchev–Trinajstić information content (AvgIpc) is 2.68. The fraction of sp³-hybridized carbons (Fsp3) is 0.273. The van der Waals surface area contributed by atoms with Gasteiger partial charge in [-0.25, -0.2) is 13.4 Å². The molecule has 2 aromatic rings. The van der Waals surface area contributed by atoms with Gasteiger partial charge in [-0.1, -0.05) is 11.3 Å².